The smallest absolute Gasteiger partial charge is 0.300 e. The summed E-state index contributed by atoms with van der Waals surface area (Å²) in [7, 11) is 0. The van der Waals surface area contributed by atoms with Gasteiger partial charge in [0.25, 0.3) is 11.7 Å². The van der Waals surface area contributed by atoms with Crippen LogP contribution in [0.3, 0.4) is 0 Å². The molecule has 2 aromatic carbocycles. The fourth-order valence-corrected chi connectivity index (χ4v) is 4.41. The minimum Gasteiger partial charge on any atom is -0.507 e. The Morgan fingerprint density at radius 2 is 1.91 bits per heavy atom. The molecule has 0 bridgehead atoms. The molecule has 1 aliphatic heterocycles. The van der Waals surface area contributed by atoms with E-state index >= 15 is 0 Å². The highest BCUT2D eigenvalue weighted by Crippen LogP contribution is 2.42. The van der Waals surface area contributed by atoms with Gasteiger partial charge in [-0.25, -0.2) is 0 Å². The number of hydrogen-bond acceptors (Lipinski definition) is 5. The first-order valence-electron chi connectivity index (χ1n) is 11.5. The van der Waals surface area contributed by atoms with E-state index in [2.05, 4.69) is 4.98 Å². The molecular weight excluding hydrogens is 464 g/mol. The minimum atomic E-state index is -0.913. The van der Waals surface area contributed by atoms with Gasteiger partial charge in [0.15, 0.2) is 0 Å². The van der Waals surface area contributed by atoms with E-state index in [1.54, 1.807) is 60.8 Å². The summed E-state index contributed by atoms with van der Waals surface area (Å²) in [5, 5.41) is 11.9. The van der Waals surface area contributed by atoms with Gasteiger partial charge in [0, 0.05) is 22.5 Å². The number of ketones is 1. The number of nitrogens with zero attached hydrogens (tertiary/aromatic N) is 2. The second-order valence-corrected chi connectivity index (χ2v) is 9.10. The number of aromatic nitrogens is 1. The molecule has 3 aromatic rings. The number of benzene rings is 2. The zero-order valence-corrected chi connectivity index (χ0v) is 20.8. The number of carbonyl (C=O) groups excluding carboxylic acids is 2. The third kappa shape index (κ3) is 4.54. The van der Waals surface area contributed by atoms with E-state index in [0.29, 0.717) is 28.6 Å². The SMILES string of the molecule is CCOc1ccc(/C(O)=C2/C(=O)C(=O)N(c3ccc(C)c(Cl)c3)C2c2ccccn2)cc1C(C)C. The number of anilines is 1. The summed E-state index contributed by atoms with van der Waals surface area (Å²) in [6.07, 6.45) is 1.59. The topological polar surface area (TPSA) is 79.7 Å². The van der Waals surface area contributed by atoms with Crippen LogP contribution in [0.25, 0.3) is 5.76 Å². The van der Waals surface area contributed by atoms with Gasteiger partial charge in [0.1, 0.15) is 17.6 Å². The van der Waals surface area contributed by atoms with E-state index in [-0.39, 0.29) is 17.3 Å². The van der Waals surface area contributed by atoms with Crippen molar-refractivity contribution < 1.29 is 19.4 Å². The van der Waals surface area contributed by atoms with Gasteiger partial charge in [-0.2, -0.15) is 0 Å². The number of halogens is 1. The first-order valence-corrected chi connectivity index (χ1v) is 11.9. The molecule has 0 radical (unpaired) electrons. The number of hydrogen-bond donors (Lipinski definition) is 1. The Balaban J connectivity index is 1.92. The molecular formula is C28H27ClN2O4. The van der Waals surface area contributed by atoms with Gasteiger partial charge in [0.2, 0.25) is 0 Å². The maximum absolute atomic E-state index is 13.3. The lowest BCUT2D eigenvalue weighted by Crippen LogP contribution is -2.29. The lowest BCUT2D eigenvalue weighted by molar-refractivity contribution is -0.132. The van der Waals surface area contributed by atoms with Crippen LogP contribution < -0.4 is 9.64 Å². The molecule has 0 saturated carbocycles. The number of aliphatic hydroxyl groups is 1. The second kappa shape index (κ2) is 9.92. The molecule has 35 heavy (non-hydrogen) atoms. The van der Waals surface area contributed by atoms with E-state index in [1.807, 2.05) is 27.7 Å². The highest BCUT2D eigenvalue weighted by molar-refractivity contribution is 6.51. The molecule has 1 aliphatic rings. The van der Waals surface area contributed by atoms with Crippen LogP contribution >= 0.6 is 11.6 Å². The van der Waals surface area contributed by atoms with Gasteiger partial charge in [-0.1, -0.05) is 37.6 Å². The van der Waals surface area contributed by atoms with Crippen LogP contribution in [0.1, 0.15) is 55.1 Å². The van der Waals surface area contributed by atoms with E-state index in [9.17, 15) is 14.7 Å². The number of amides is 1. The summed E-state index contributed by atoms with van der Waals surface area (Å²) in [6, 6.07) is 14.8. The van der Waals surface area contributed by atoms with Crippen LogP contribution in [0.2, 0.25) is 5.02 Å². The molecule has 1 N–H and O–H groups in total. The van der Waals surface area contributed by atoms with Gasteiger partial charge in [-0.15, -0.1) is 0 Å². The Labute approximate surface area is 209 Å². The van der Waals surface area contributed by atoms with Gasteiger partial charge in [-0.3, -0.25) is 19.5 Å². The number of Topliss-reactive ketones (excluding diaryl/α,β-unsaturated/α-hetero) is 1. The van der Waals surface area contributed by atoms with Crippen molar-refractivity contribution in [1.82, 2.24) is 4.98 Å². The highest BCUT2D eigenvalue weighted by Gasteiger charge is 2.47. The largest absolute Gasteiger partial charge is 0.507 e. The van der Waals surface area contributed by atoms with Crippen molar-refractivity contribution in [3.05, 3.63) is 93.8 Å². The van der Waals surface area contributed by atoms with Crippen molar-refractivity contribution in [3.63, 3.8) is 0 Å². The lowest BCUT2D eigenvalue weighted by atomic mass is 9.94. The first-order chi connectivity index (χ1) is 16.7. The van der Waals surface area contributed by atoms with E-state index in [1.165, 1.54) is 4.90 Å². The summed E-state index contributed by atoms with van der Waals surface area (Å²) >= 11 is 6.34. The average molecular weight is 491 g/mol. The fraction of sp³-hybridized carbons (Fsp3) is 0.250. The van der Waals surface area contributed by atoms with E-state index in [0.717, 1.165) is 16.9 Å². The van der Waals surface area contributed by atoms with Crippen LogP contribution in [-0.2, 0) is 9.59 Å². The molecule has 1 amide bonds. The predicted molar refractivity (Wildman–Crippen MR) is 137 cm³/mol. The number of pyridine rings is 1. The molecule has 1 atom stereocenters. The third-order valence-electron chi connectivity index (χ3n) is 6.05. The minimum absolute atomic E-state index is 0.0238. The van der Waals surface area contributed by atoms with Crippen LogP contribution in [0, 0.1) is 6.92 Å². The van der Waals surface area contributed by atoms with Gasteiger partial charge in [0.05, 0.1) is 17.9 Å². The van der Waals surface area contributed by atoms with Gasteiger partial charge in [-0.05, 0) is 73.4 Å². The molecule has 180 valence electrons. The molecule has 1 aromatic heterocycles. The van der Waals surface area contributed by atoms with Gasteiger partial charge < -0.3 is 9.84 Å². The molecule has 0 aliphatic carbocycles. The maximum Gasteiger partial charge on any atom is 0.300 e. The maximum atomic E-state index is 13.3. The van der Waals surface area contributed by atoms with Crippen molar-refractivity contribution in [3.8, 4) is 5.75 Å². The van der Waals surface area contributed by atoms with Crippen molar-refractivity contribution in [1.29, 1.82) is 0 Å². The van der Waals surface area contributed by atoms with Crippen LogP contribution in [0.5, 0.6) is 5.75 Å². The molecule has 7 heteroatoms. The fourth-order valence-electron chi connectivity index (χ4n) is 4.24. The predicted octanol–water partition coefficient (Wildman–Crippen LogP) is 6.19. The van der Waals surface area contributed by atoms with E-state index < -0.39 is 17.7 Å². The van der Waals surface area contributed by atoms with E-state index in [4.69, 9.17) is 16.3 Å². The molecule has 1 saturated heterocycles. The number of carbonyl (C=O) groups is 2. The van der Waals surface area contributed by atoms with Gasteiger partial charge >= 0.3 is 0 Å². The van der Waals surface area contributed by atoms with Crippen molar-refractivity contribution >= 4 is 34.7 Å². The molecule has 1 unspecified atom stereocenters. The quantitative estimate of drug-likeness (QED) is 0.253. The summed E-state index contributed by atoms with van der Waals surface area (Å²) in [5.74, 6) is -0.959. The average Bonchev–Trinajstić information content (AvgIpc) is 3.11. The second-order valence-electron chi connectivity index (χ2n) is 8.70. The molecule has 6 nitrogen and oxygen atoms in total. The standard InChI is InChI=1S/C28H27ClN2O4/c1-5-35-23-12-10-18(14-20(23)16(2)3)26(32)24-25(22-8-6-7-13-30-22)31(28(34)27(24)33)19-11-9-17(4)21(29)15-19/h6-16,25,32H,5H2,1-4H3/b26-24-. The third-order valence-corrected chi connectivity index (χ3v) is 6.46. The summed E-state index contributed by atoms with van der Waals surface area (Å²) in [4.78, 5) is 32.4. The summed E-state index contributed by atoms with van der Waals surface area (Å²) in [5.41, 5.74) is 3.05. The summed E-state index contributed by atoms with van der Waals surface area (Å²) in [6.45, 7) is 8.32. The number of rotatable bonds is 6. The molecule has 1 fully saturated rings. The Hall–Kier alpha value is -3.64. The molecule has 4 rings (SSSR count). The number of ether oxygens (including phenoxy) is 1. The monoisotopic (exact) mass is 490 g/mol. The zero-order valence-electron chi connectivity index (χ0n) is 20.1. The molecule has 0 spiro atoms. The normalized spacial score (nSPS) is 17.3. The van der Waals surface area contributed by atoms with Crippen LogP contribution in [0.15, 0.2) is 66.4 Å². The van der Waals surface area contributed by atoms with Crippen molar-refractivity contribution in [2.45, 2.75) is 39.7 Å². The van der Waals surface area contributed by atoms with Crippen LogP contribution in [0.4, 0.5) is 5.69 Å². The Morgan fingerprint density at radius 1 is 1.14 bits per heavy atom. The summed E-state index contributed by atoms with van der Waals surface area (Å²) < 4.78 is 5.73. The zero-order chi connectivity index (χ0) is 25.3. The van der Waals surface area contributed by atoms with Crippen molar-refractivity contribution in [2.24, 2.45) is 0 Å². The Morgan fingerprint density at radius 3 is 2.54 bits per heavy atom. The number of aryl methyl sites for hydroxylation is 1. The lowest BCUT2D eigenvalue weighted by Gasteiger charge is -2.25. The molecule has 2 heterocycles. The highest BCUT2D eigenvalue weighted by atomic mass is 35.5. The van der Waals surface area contributed by atoms with Crippen molar-refractivity contribution in [2.75, 3.05) is 11.5 Å². The first kappa shape index (κ1) is 24.5. The Kier molecular flexibility index (Phi) is 6.94. The van der Waals surface area contributed by atoms with Crippen LogP contribution in [-0.4, -0.2) is 28.4 Å². The Bertz CT molecular complexity index is 1320. The number of aliphatic hydroxyl groups excluding tert-OH is 1.